The van der Waals surface area contributed by atoms with Crippen LogP contribution in [0, 0.1) is 6.92 Å². The molecule has 0 aliphatic rings. The van der Waals surface area contributed by atoms with Gasteiger partial charge in [-0.15, -0.1) is 0 Å². The van der Waals surface area contributed by atoms with Crippen molar-refractivity contribution < 1.29 is 9.21 Å². The van der Waals surface area contributed by atoms with E-state index in [4.69, 9.17) is 4.42 Å². The van der Waals surface area contributed by atoms with Crippen molar-refractivity contribution in [1.82, 2.24) is 20.3 Å². The summed E-state index contributed by atoms with van der Waals surface area (Å²) >= 11 is 0. The molecule has 0 saturated heterocycles. The molecule has 1 amide bonds. The predicted molar refractivity (Wildman–Crippen MR) is 97.4 cm³/mol. The van der Waals surface area contributed by atoms with E-state index < -0.39 is 0 Å². The van der Waals surface area contributed by atoms with Gasteiger partial charge in [0.25, 0.3) is 5.91 Å². The first-order valence-electron chi connectivity index (χ1n) is 8.22. The van der Waals surface area contributed by atoms with Crippen LogP contribution >= 0.6 is 0 Å². The Balaban J connectivity index is 1.56. The van der Waals surface area contributed by atoms with Crippen molar-refractivity contribution in [3.8, 4) is 11.6 Å². The molecule has 3 heterocycles. The van der Waals surface area contributed by atoms with E-state index in [2.05, 4.69) is 20.3 Å². The number of hydrogen-bond donors (Lipinski definition) is 1. The number of carbonyl (C=O) groups is 1. The number of rotatable bonds is 4. The van der Waals surface area contributed by atoms with Crippen molar-refractivity contribution in [1.29, 1.82) is 0 Å². The second kappa shape index (κ2) is 6.76. The third-order valence-corrected chi connectivity index (χ3v) is 3.91. The maximum Gasteiger partial charge on any atom is 0.251 e. The van der Waals surface area contributed by atoms with Crippen molar-refractivity contribution in [2.24, 2.45) is 0 Å². The first kappa shape index (κ1) is 16.0. The van der Waals surface area contributed by atoms with Crippen LogP contribution in [-0.2, 0) is 6.54 Å². The van der Waals surface area contributed by atoms with Crippen LogP contribution in [-0.4, -0.2) is 20.9 Å². The summed E-state index contributed by atoms with van der Waals surface area (Å²) in [6.07, 6.45) is 1.70. The number of oxazole rings is 1. The molecule has 3 aromatic heterocycles. The first-order valence-corrected chi connectivity index (χ1v) is 8.22. The number of pyridine rings is 2. The fraction of sp³-hybridized carbons (Fsp3) is 0.100. The van der Waals surface area contributed by atoms with Crippen LogP contribution in [0.5, 0.6) is 0 Å². The molecule has 0 saturated carbocycles. The number of amides is 1. The summed E-state index contributed by atoms with van der Waals surface area (Å²) in [6.45, 7) is 2.28. The summed E-state index contributed by atoms with van der Waals surface area (Å²) in [5.41, 5.74) is 4.10. The minimum atomic E-state index is -0.191. The second-order valence-corrected chi connectivity index (χ2v) is 5.87. The maximum absolute atomic E-state index is 12.4. The van der Waals surface area contributed by atoms with Crippen LogP contribution in [0.25, 0.3) is 22.7 Å². The zero-order valence-electron chi connectivity index (χ0n) is 14.1. The first-order chi connectivity index (χ1) is 12.7. The Morgan fingerprint density at radius 3 is 2.81 bits per heavy atom. The highest BCUT2D eigenvalue weighted by molar-refractivity contribution is 5.97. The highest BCUT2D eigenvalue weighted by Gasteiger charge is 2.13. The minimum absolute atomic E-state index is 0.191. The lowest BCUT2D eigenvalue weighted by Crippen LogP contribution is -2.23. The number of nitrogens with zero attached hydrogens (tertiary/aromatic N) is 3. The summed E-state index contributed by atoms with van der Waals surface area (Å²) < 4.78 is 5.80. The Labute approximate surface area is 149 Å². The van der Waals surface area contributed by atoms with Gasteiger partial charge in [0, 0.05) is 17.5 Å². The molecule has 0 fully saturated rings. The van der Waals surface area contributed by atoms with E-state index in [0.29, 0.717) is 34.8 Å². The van der Waals surface area contributed by atoms with Crippen molar-refractivity contribution >= 4 is 17.0 Å². The van der Waals surface area contributed by atoms with Gasteiger partial charge in [0.1, 0.15) is 11.2 Å². The van der Waals surface area contributed by atoms with Crippen LogP contribution < -0.4 is 5.32 Å². The normalized spacial score (nSPS) is 10.8. The Bertz CT molecular complexity index is 1070. The Morgan fingerprint density at radius 1 is 1.08 bits per heavy atom. The zero-order chi connectivity index (χ0) is 17.9. The Morgan fingerprint density at radius 2 is 2.00 bits per heavy atom. The number of benzene rings is 1. The quantitative estimate of drug-likeness (QED) is 0.612. The lowest BCUT2D eigenvalue weighted by Gasteiger charge is -2.04. The number of hydrogen-bond acceptors (Lipinski definition) is 5. The molecular weight excluding hydrogens is 328 g/mol. The molecule has 0 spiro atoms. The van der Waals surface area contributed by atoms with E-state index in [9.17, 15) is 4.79 Å². The van der Waals surface area contributed by atoms with E-state index >= 15 is 0 Å². The third kappa shape index (κ3) is 3.30. The molecule has 0 aliphatic heterocycles. The molecule has 6 nitrogen and oxygen atoms in total. The fourth-order valence-electron chi connectivity index (χ4n) is 2.61. The average molecular weight is 344 g/mol. The average Bonchev–Trinajstić information content (AvgIpc) is 3.10. The molecular formula is C20H16N4O2. The second-order valence-electron chi connectivity index (χ2n) is 5.87. The van der Waals surface area contributed by atoms with Gasteiger partial charge in [-0.3, -0.25) is 9.78 Å². The standard InChI is InChI=1S/C20H16N4O2/c1-13-5-4-7-17(23-13)20-24-16-9-8-14(11-18(16)26-20)19(25)22-12-15-6-2-3-10-21-15/h2-11H,12H2,1H3,(H,22,25). The topological polar surface area (TPSA) is 80.9 Å². The van der Waals surface area contributed by atoms with Gasteiger partial charge in [-0.05, 0) is 49.4 Å². The van der Waals surface area contributed by atoms with Crippen LogP contribution in [0.2, 0.25) is 0 Å². The Kier molecular flexibility index (Phi) is 4.15. The summed E-state index contributed by atoms with van der Waals surface area (Å²) in [7, 11) is 0. The number of carbonyl (C=O) groups excluding carboxylic acids is 1. The van der Waals surface area contributed by atoms with Gasteiger partial charge in [-0.2, -0.15) is 0 Å². The number of nitrogens with one attached hydrogen (secondary N) is 1. The fourth-order valence-corrected chi connectivity index (χ4v) is 2.61. The summed E-state index contributed by atoms with van der Waals surface area (Å²) in [4.78, 5) is 25.4. The van der Waals surface area contributed by atoms with Gasteiger partial charge in [0.15, 0.2) is 5.58 Å². The summed E-state index contributed by atoms with van der Waals surface area (Å²) in [5, 5.41) is 2.85. The molecule has 0 aliphatic carbocycles. The van der Waals surface area contributed by atoms with Crippen LogP contribution in [0.15, 0.2) is 65.2 Å². The number of aryl methyl sites for hydroxylation is 1. The van der Waals surface area contributed by atoms with Crippen molar-refractivity contribution in [3.05, 3.63) is 77.7 Å². The van der Waals surface area contributed by atoms with Crippen LogP contribution in [0.4, 0.5) is 0 Å². The molecule has 4 aromatic rings. The van der Waals surface area contributed by atoms with E-state index in [0.717, 1.165) is 11.4 Å². The van der Waals surface area contributed by atoms with E-state index in [-0.39, 0.29) is 5.91 Å². The van der Waals surface area contributed by atoms with Crippen molar-refractivity contribution in [3.63, 3.8) is 0 Å². The van der Waals surface area contributed by atoms with Gasteiger partial charge in [-0.1, -0.05) is 12.1 Å². The monoisotopic (exact) mass is 344 g/mol. The third-order valence-electron chi connectivity index (χ3n) is 3.91. The minimum Gasteiger partial charge on any atom is -0.435 e. The lowest BCUT2D eigenvalue weighted by molar-refractivity contribution is 0.0950. The largest absolute Gasteiger partial charge is 0.435 e. The smallest absolute Gasteiger partial charge is 0.251 e. The molecule has 1 N–H and O–H groups in total. The zero-order valence-corrected chi connectivity index (χ0v) is 14.1. The SMILES string of the molecule is Cc1cccc(-c2nc3ccc(C(=O)NCc4ccccn4)cc3o2)n1. The van der Waals surface area contributed by atoms with Crippen LogP contribution in [0.1, 0.15) is 21.7 Å². The van der Waals surface area contributed by atoms with E-state index in [1.807, 2.05) is 43.3 Å². The van der Waals surface area contributed by atoms with Gasteiger partial charge in [-0.25, -0.2) is 9.97 Å². The molecule has 128 valence electrons. The molecule has 0 radical (unpaired) electrons. The van der Waals surface area contributed by atoms with Gasteiger partial charge in [0.05, 0.1) is 12.2 Å². The Hall–Kier alpha value is -3.54. The van der Waals surface area contributed by atoms with Crippen LogP contribution in [0.3, 0.4) is 0 Å². The molecule has 1 aromatic carbocycles. The van der Waals surface area contributed by atoms with E-state index in [1.165, 1.54) is 0 Å². The molecule has 0 atom stereocenters. The van der Waals surface area contributed by atoms with Crippen molar-refractivity contribution in [2.45, 2.75) is 13.5 Å². The highest BCUT2D eigenvalue weighted by Crippen LogP contribution is 2.24. The van der Waals surface area contributed by atoms with Crippen molar-refractivity contribution in [2.75, 3.05) is 0 Å². The number of aromatic nitrogens is 3. The maximum atomic E-state index is 12.4. The van der Waals surface area contributed by atoms with Gasteiger partial charge < -0.3 is 9.73 Å². The lowest BCUT2D eigenvalue weighted by atomic mass is 10.2. The molecule has 0 unspecified atom stereocenters. The summed E-state index contributed by atoms with van der Waals surface area (Å²) in [6, 6.07) is 16.4. The van der Waals surface area contributed by atoms with Gasteiger partial charge in [0.2, 0.25) is 5.89 Å². The number of fused-ring (bicyclic) bond motifs is 1. The summed E-state index contributed by atoms with van der Waals surface area (Å²) in [5.74, 6) is 0.249. The predicted octanol–water partition coefficient (Wildman–Crippen LogP) is 3.52. The highest BCUT2D eigenvalue weighted by atomic mass is 16.3. The molecule has 26 heavy (non-hydrogen) atoms. The van der Waals surface area contributed by atoms with Gasteiger partial charge >= 0.3 is 0 Å². The van der Waals surface area contributed by atoms with E-state index in [1.54, 1.807) is 24.4 Å². The molecule has 4 rings (SSSR count). The molecule has 0 bridgehead atoms. The molecule has 6 heteroatoms.